The van der Waals surface area contributed by atoms with Crippen LogP contribution in [0.2, 0.25) is 0 Å². The molecule has 1 rings (SSSR count). The zero-order chi connectivity index (χ0) is 14.6. The van der Waals surface area contributed by atoms with Crippen LogP contribution < -0.4 is 5.32 Å². The van der Waals surface area contributed by atoms with Crippen molar-refractivity contribution < 1.29 is 4.79 Å². The molecular formula is C16H32N2O. The third kappa shape index (κ3) is 5.13. The van der Waals surface area contributed by atoms with E-state index in [0.717, 1.165) is 32.2 Å². The number of amides is 1. The number of carbonyl (C=O) groups is 1. The first kappa shape index (κ1) is 16.5. The normalized spacial score (nSPS) is 24.6. The first-order valence-corrected chi connectivity index (χ1v) is 7.81. The fourth-order valence-electron chi connectivity index (χ4n) is 2.70. The number of hydrogen-bond donors (Lipinski definition) is 1. The van der Waals surface area contributed by atoms with Gasteiger partial charge in [-0.1, -0.05) is 54.4 Å². The summed E-state index contributed by atoms with van der Waals surface area (Å²) < 4.78 is 0. The van der Waals surface area contributed by atoms with Gasteiger partial charge in [0.25, 0.3) is 0 Å². The van der Waals surface area contributed by atoms with Gasteiger partial charge in [0.15, 0.2) is 0 Å². The maximum absolute atomic E-state index is 12.5. The van der Waals surface area contributed by atoms with Crippen LogP contribution in [0.3, 0.4) is 0 Å². The lowest BCUT2D eigenvalue weighted by Crippen LogP contribution is -2.42. The van der Waals surface area contributed by atoms with Gasteiger partial charge in [-0.3, -0.25) is 10.1 Å². The lowest BCUT2D eigenvalue weighted by molar-refractivity contribution is -0.131. The summed E-state index contributed by atoms with van der Waals surface area (Å²) in [4.78, 5) is 14.6. The second kappa shape index (κ2) is 6.74. The van der Waals surface area contributed by atoms with E-state index < -0.39 is 0 Å². The molecule has 1 saturated heterocycles. The highest BCUT2D eigenvalue weighted by Gasteiger charge is 2.39. The molecule has 1 amide bonds. The van der Waals surface area contributed by atoms with Crippen molar-refractivity contribution in [3.05, 3.63) is 0 Å². The largest absolute Gasteiger partial charge is 0.325 e. The van der Waals surface area contributed by atoms with Crippen LogP contribution in [0.1, 0.15) is 67.2 Å². The van der Waals surface area contributed by atoms with E-state index in [1.807, 2.05) is 0 Å². The van der Waals surface area contributed by atoms with E-state index >= 15 is 0 Å². The van der Waals surface area contributed by atoms with Gasteiger partial charge in [-0.2, -0.15) is 0 Å². The Labute approximate surface area is 119 Å². The first-order chi connectivity index (χ1) is 8.74. The van der Waals surface area contributed by atoms with E-state index in [9.17, 15) is 4.79 Å². The fraction of sp³-hybridized carbons (Fsp3) is 0.938. The molecule has 0 spiro atoms. The van der Waals surface area contributed by atoms with Crippen molar-refractivity contribution >= 4 is 5.91 Å². The van der Waals surface area contributed by atoms with Gasteiger partial charge in [0.05, 0.1) is 12.2 Å². The SMILES string of the molecule is CCCCC1NC(CC(C)C)N(CC(C)(C)C)C1=O. The summed E-state index contributed by atoms with van der Waals surface area (Å²) in [6.07, 6.45) is 4.53. The summed E-state index contributed by atoms with van der Waals surface area (Å²) in [5.41, 5.74) is 0.159. The summed E-state index contributed by atoms with van der Waals surface area (Å²) >= 11 is 0. The molecule has 0 aliphatic carbocycles. The Morgan fingerprint density at radius 2 is 1.95 bits per heavy atom. The quantitative estimate of drug-likeness (QED) is 0.801. The van der Waals surface area contributed by atoms with Crippen LogP contribution in [0.4, 0.5) is 0 Å². The van der Waals surface area contributed by atoms with Gasteiger partial charge >= 0.3 is 0 Å². The first-order valence-electron chi connectivity index (χ1n) is 7.81. The van der Waals surface area contributed by atoms with Crippen LogP contribution in [0.15, 0.2) is 0 Å². The molecule has 2 unspecified atom stereocenters. The average molecular weight is 268 g/mol. The number of unbranched alkanes of at least 4 members (excludes halogenated alkanes) is 1. The maximum atomic E-state index is 12.5. The minimum absolute atomic E-state index is 0.0473. The van der Waals surface area contributed by atoms with Gasteiger partial charge in [-0.25, -0.2) is 0 Å². The van der Waals surface area contributed by atoms with Crippen LogP contribution in [-0.4, -0.2) is 29.6 Å². The molecule has 19 heavy (non-hydrogen) atoms. The summed E-state index contributed by atoms with van der Waals surface area (Å²) in [7, 11) is 0. The van der Waals surface area contributed by atoms with Gasteiger partial charge in [-0.05, 0) is 24.2 Å². The topological polar surface area (TPSA) is 32.3 Å². The van der Waals surface area contributed by atoms with Crippen molar-refractivity contribution in [1.29, 1.82) is 0 Å². The molecule has 0 radical (unpaired) electrons. The third-order valence-corrected chi connectivity index (χ3v) is 3.54. The monoisotopic (exact) mass is 268 g/mol. The van der Waals surface area contributed by atoms with E-state index in [2.05, 4.69) is 51.8 Å². The Balaban J connectivity index is 2.73. The summed E-state index contributed by atoms with van der Waals surface area (Å²) in [6, 6.07) is 0.0473. The Morgan fingerprint density at radius 3 is 2.42 bits per heavy atom. The minimum atomic E-state index is 0.0473. The molecule has 0 saturated carbocycles. The summed E-state index contributed by atoms with van der Waals surface area (Å²) in [5.74, 6) is 0.923. The minimum Gasteiger partial charge on any atom is -0.325 e. The molecule has 3 nitrogen and oxygen atoms in total. The van der Waals surface area contributed by atoms with Crippen molar-refractivity contribution in [3.8, 4) is 0 Å². The molecule has 0 aromatic carbocycles. The van der Waals surface area contributed by atoms with Gasteiger partial charge in [0.1, 0.15) is 0 Å². The van der Waals surface area contributed by atoms with Gasteiger partial charge < -0.3 is 4.90 Å². The zero-order valence-corrected chi connectivity index (χ0v) is 13.6. The summed E-state index contributed by atoms with van der Waals surface area (Å²) in [5, 5.41) is 3.56. The molecular weight excluding hydrogens is 236 g/mol. The van der Waals surface area contributed by atoms with Crippen LogP contribution >= 0.6 is 0 Å². The lowest BCUT2D eigenvalue weighted by atomic mass is 9.95. The third-order valence-electron chi connectivity index (χ3n) is 3.54. The Morgan fingerprint density at radius 1 is 1.32 bits per heavy atom. The van der Waals surface area contributed by atoms with Crippen LogP contribution in [0.25, 0.3) is 0 Å². The van der Waals surface area contributed by atoms with Crippen molar-refractivity contribution in [1.82, 2.24) is 10.2 Å². The van der Waals surface area contributed by atoms with E-state index in [4.69, 9.17) is 0 Å². The highest BCUT2D eigenvalue weighted by Crippen LogP contribution is 2.25. The predicted molar refractivity (Wildman–Crippen MR) is 80.9 cm³/mol. The highest BCUT2D eigenvalue weighted by atomic mass is 16.2. The molecule has 1 aliphatic rings. The Bertz CT molecular complexity index is 294. The van der Waals surface area contributed by atoms with E-state index in [1.54, 1.807) is 0 Å². The standard InChI is InChI=1S/C16H32N2O/c1-7-8-9-13-15(19)18(11-16(4,5)6)14(17-13)10-12(2)3/h12-14,17H,7-11H2,1-6H3. The Hall–Kier alpha value is -0.570. The van der Waals surface area contributed by atoms with E-state index in [1.165, 1.54) is 0 Å². The van der Waals surface area contributed by atoms with Crippen molar-refractivity contribution in [2.75, 3.05) is 6.54 Å². The molecule has 112 valence electrons. The molecule has 1 fully saturated rings. The second-order valence-electron chi connectivity index (χ2n) is 7.53. The fourth-order valence-corrected chi connectivity index (χ4v) is 2.70. The van der Waals surface area contributed by atoms with E-state index in [-0.39, 0.29) is 17.6 Å². The number of nitrogens with one attached hydrogen (secondary N) is 1. The zero-order valence-electron chi connectivity index (χ0n) is 13.6. The number of nitrogens with zero attached hydrogens (tertiary/aromatic N) is 1. The average Bonchev–Trinajstić information content (AvgIpc) is 2.52. The van der Waals surface area contributed by atoms with Gasteiger partial charge in [0, 0.05) is 6.54 Å². The van der Waals surface area contributed by atoms with Crippen molar-refractivity contribution in [2.45, 2.75) is 79.4 Å². The second-order valence-corrected chi connectivity index (χ2v) is 7.53. The lowest BCUT2D eigenvalue weighted by Gasteiger charge is -2.31. The van der Waals surface area contributed by atoms with E-state index in [0.29, 0.717) is 11.8 Å². The maximum Gasteiger partial charge on any atom is 0.241 e. The molecule has 1 aliphatic heterocycles. The number of carbonyl (C=O) groups excluding carboxylic acids is 1. The molecule has 1 N–H and O–H groups in total. The van der Waals surface area contributed by atoms with Crippen LogP contribution in [-0.2, 0) is 4.79 Å². The van der Waals surface area contributed by atoms with Gasteiger partial charge in [0.2, 0.25) is 5.91 Å². The number of hydrogen-bond acceptors (Lipinski definition) is 2. The van der Waals surface area contributed by atoms with Gasteiger partial charge in [-0.15, -0.1) is 0 Å². The molecule has 3 heteroatoms. The van der Waals surface area contributed by atoms with Crippen LogP contribution in [0.5, 0.6) is 0 Å². The molecule has 2 atom stereocenters. The van der Waals surface area contributed by atoms with Crippen molar-refractivity contribution in [3.63, 3.8) is 0 Å². The Kier molecular flexibility index (Phi) is 5.84. The molecule has 0 aromatic rings. The van der Waals surface area contributed by atoms with Crippen LogP contribution in [0, 0.1) is 11.3 Å². The highest BCUT2D eigenvalue weighted by molar-refractivity contribution is 5.84. The smallest absolute Gasteiger partial charge is 0.241 e. The molecule has 0 aromatic heterocycles. The summed E-state index contributed by atoms with van der Waals surface area (Å²) in [6.45, 7) is 14.1. The number of rotatable bonds is 6. The predicted octanol–water partition coefficient (Wildman–Crippen LogP) is 3.40. The molecule has 0 bridgehead atoms. The molecule has 1 heterocycles. The van der Waals surface area contributed by atoms with Crippen molar-refractivity contribution in [2.24, 2.45) is 11.3 Å².